The molecule has 0 bridgehead atoms. The van der Waals surface area contributed by atoms with Crippen LogP contribution in [0.1, 0.15) is 10.4 Å². The summed E-state index contributed by atoms with van der Waals surface area (Å²) >= 11 is 0. The molecule has 8 nitrogen and oxygen atoms in total. The van der Waals surface area contributed by atoms with Crippen molar-refractivity contribution in [2.75, 3.05) is 16.8 Å². The van der Waals surface area contributed by atoms with Gasteiger partial charge >= 0.3 is 0 Å². The first-order valence-corrected chi connectivity index (χ1v) is 10.5. The van der Waals surface area contributed by atoms with Gasteiger partial charge in [-0.3, -0.25) is 4.79 Å². The number of benzene rings is 1. The standard InChI is InChI=1S/C20H15F2N5O3S/c21-13-4-7-27(8-5-13)19-16(10-12-9-14(22)1-2-17(12)26-19)20(28)25-15-3-6-24-18(11-15)31(23,29)30/h1-7,9-11H,8H2,(H2,23,29,30)(H,24,25,28). The fourth-order valence-corrected chi connectivity index (χ4v) is 3.50. The molecule has 0 radical (unpaired) electrons. The van der Waals surface area contributed by atoms with Crippen molar-refractivity contribution in [3.63, 3.8) is 0 Å². The number of anilines is 2. The third kappa shape index (κ3) is 4.42. The summed E-state index contributed by atoms with van der Waals surface area (Å²) in [6.45, 7) is 0.132. The van der Waals surface area contributed by atoms with E-state index >= 15 is 0 Å². The quantitative estimate of drug-likeness (QED) is 0.640. The van der Waals surface area contributed by atoms with E-state index in [0.29, 0.717) is 10.9 Å². The lowest BCUT2D eigenvalue weighted by Gasteiger charge is -2.23. The van der Waals surface area contributed by atoms with Gasteiger partial charge in [-0.2, -0.15) is 0 Å². The van der Waals surface area contributed by atoms with Crippen molar-refractivity contribution in [3.05, 3.63) is 78.2 Å². The van der Waals surface area contributed by atoms with Crippen LogP contribution in [-0.4, -0.2) is 30.8 Å². The molecular weight excluding hydrogens is 428 g/mol. The van der Waals surface area contributed by atoms with Gasteiger partial charge in [-0.1, -0.05) is 0 Å². The van der Waals surface area contributed by atoms with Crippen molar-refractivity contribution in [2.45, 2.75) is 5.03 Å². The summed E-state index contributed by atoms with van der Waals surface area (Å²) in [5.74, 6) is -1.33. The van der Waals surface area contributed by atoms with Crippen LogP contribution >= 0.6 is 0 Å². The number of aromatic nitrogens is 2. The number of nitrogens with zero attached hydrogens (tertiary/aromatic N) is 3. The molecule has 1 aromatic carbocycles. The van der Waals surface area contributed by atoms with Crippen LogP contribution < -0.4 is 15.4 Å². The normalized spacial score (nSPS) is 13.9. The van der Waals surface area contributed by atoms with Crippen LogP contribution in [0.5, 0.6) is 0 Å². The van der Waals surface area contributed by atoms with Crippen LogP contribution in [-0.2, 0) is 10.0 Å². The van der Waals surface area contributed by atoms with Crippen LogP contribution in [0.4, 0.5) is 20.3 Å². The molecule has 3 aromatic rings. The lowest BCUT2D eigenvalue weighted by atomic mass is 10.1. The number of hydrogen-bond donors (Lipinski definition) is 2. The van der Waals surface area contributed by atoms with Gasteiger partial charge in [0.1, 0.15) is 17.5 Å². The summed E-state index contributed by atoms with van der Waals surface area (Å²) in [4.78, 5) is 22.7. The molecule has 11 heteroatoms. The number of amides is 1. The second-order valence-corrected chi connectivity index (χ2v) is 8.14. The maximum absolute atomic E-state index is 13.7. The van der Waals surface area contributed by atoms with Gasteiger partial charge in [-0.05, 0) is 42.5 Å². The first kappa shape index (κ1) is 20.6. The third-order valence-corrected chi connectivity index (χ3v) is 5.26. The van der Waals surface area contributed by atoms with Gasteiger partial charge in [-0.15, -0.1) is 0 Å². The highest BCUT2D eigenvalue weighted by Crippen LogP contribution is 2.27. The molecule has 31 heavy (non-hydrogen) atoms. The molecule has 1 aliphatic rings. The Kier molecular flexibility index (Phi) is 5.21. The Morgan fingerprint density at radius 2 is 1.97 bits per heavy atom. The predicted octanol–water partition coefficient (Wildman–Crippen LogP) is 2.86. The number of halogens is 2. The monoisotopic (exact) mass is 443 g/mol. The van der Waals surface area contributed by atoms with Crippen LogP contribution in [0.3, 0.4) is 0 Å². The maximum Gasteiger partial charge on any atom is 0.259 e. The molecule has 0 saturated heterocycles. The molecule has 0 aliphatic carbocycles. The van der Waals surface area contributed by atoms with E-state index in [1.807, 2.05) is 0 Å². The first-order valence-electron chi connectivity index (χ1n) is 8.92. The summed E-state index contributed by atoms with van der Waals surface area (Å²) in [7, 11) is -4.07. The lowest BCUT2D eigenvalue weighted by molar-refractivity contribution is 0.102. The van der Waals surface area contributed by atoms with Crippen molar-refractivity contribution >= 4 is 38.3 Å². The van der Waals surface area contributed by atoms with Crippen LogP contribution in [0.2, 0.25) is 0 Å². The Bertz CT molecular complexity index is 1370. The molecule has 0 unspecified atom stereocenters. The van der Waals surface area contributed by atoms with Crippen molar-refractivity contribution < 1.29 is 22.0 Å². The Morgan fingerprint density at radius 1 is 1.16 bits per heavy atom. The molecule has 158 valence electrons. The SMILES string of the molecule is NS(=O)(=O)c1cc(NC(=O)c2cc3cc(F)ccc3nc2N2C=CC(F)=CC2)ccn1. The zero-order valence-electron chi connectivity index (χ0n) is 15.8. The van der Waals surface area contributed by atoms with Gasteiger partial charge in [0.2, 0.25) is 0 Å². The average molecular weight is 443 g/mol. The molecule has 0 spiro atoms. The van der Waals surface area contributed by atoms with Gasteiger partial charge in [0.05, 0.1) is 11.1 Å². The topological polar surface area (TPSA) is 118 Å². The third-order valence-electron chi connectivity index (χ3n) is 4.45. The first-order chi connectivity index (χ1) is 14.7. The fourth-order valence-electron chi connectivity index (χ4n) is 3.00. The van der Waals surface area contributed by atoms with Gasteiger partial charge in [0, 0.05) is 36.1 Å². The summed E-state index contributed by atoms with van der Waals surface area (Å²) in [5.41, 5.74) is 0.652. The van der Waals surface area contributed by atoms with Gasteiger partial charge in [0.25, 0.3) is 15.9 Å². The number of nitrogens with two attached hydrogens (primary N) is 1. The van der Waals surface area contributed by atoms with Crippen molar-refractivity contribution in [2.24, 2.45) is 5.14 Å². The summed E-state index contributed by atoms with van der Waals surface area (Å²) in [5, 5.41) is 7.62. The van der Waals surface area contributed by atoms with Crippen molar-refractivity contribution in [3.8, 4) is 0 Å². The Labute approximate surface area is 175 Å². The second-order valence-electron chi connectivity index (χ2n) is 6.64. The molecule has 0 atom stereocenters. The van der Waals surface area contributed by atoms with Crippen LogP contribution in [0.15, 0.2) is 71.8 Å². The summed E-state index contributed by atoms with van der Waals surface area (Å²) in [6, 6.07) is 7.91. The number of fused-ring (bicyclic) bond motifs is 1. The summed E-state index contributed by atoms with van der Waals surface area (Å²) in [6.07, 6.45) is 5.17. The number of pyridine rings is 2. The number of hydrogen-bond acceptors (Lipinski definition) is 6. The zero-order valence-corrected chi connectivity index (χ0v) is 16.6. The van der Waals surface area contributed by atoms with Gasteiger partial charge in [0.15, 0.2) is 5.03 Å². The lowest BCUT2D eigenvalue weighted by Crippen LogP contribution is -2.24. The number of primary sulfonamides is 1. The van der Waals surface area contributed by atoms with E-state index in [1.165, 1.54) is 54.9 Å². The van der Waals surface area contributed by atoms with E-state index in [1.54, 1.807) is 4.90 Å². The van der Waals surface area contributed by atoms with E-state index < -0.39 is 32.6 Å². The van der Waals surface area contributed by atoms with Crippen molar-refractivity contribution in [1.82, 2.24) is 9.97 Å². The number of nitrogens with one attached hydrogen (secondary N) is 1. The minimum atomic E-state index is -4.07. The molecule has 4 rings (SSSR count). The number of sulfonamides is 1. The van der Waals surface area contributed by atoms with E-state index in [-0.39, 0.29) is 23.6 Å². The highest BCUT2D eigenvalue weighted by molar-refractivity contribution is 7.89. The molecule has 0 saturated carbocycles. The molecule has 3 N–H and O–H groups in total. The van der Waals surface area contributed by atoms with E-state index in [4.69, 9.17) is 5.14 Å². The highest BCUT2D eigenvalue weighted by Gasteiger charge is 2.21. The number of carbonyl (C=O) groups excluding carboxylic acids is 1. The van der Waals surface area contributed by atoms with E-state index in [9.17, 15) is 22.0 Å². The minimum Gasteiger partial charge on any atom is -0.328 e. The molecule has 0 fully saturated rings. The fraction of sp³-hybridized carbons (Fsp3) is 0.0500. The number of carbonyl (C=O) groups is 1. The predicted molar refractivity (Wildman–Crippen MR) is 111 cm³/mol. The summed E-state index contributed by atoms with van der Waals surface area (Å²) < 4.78 is 50.1. The molecule has 2 aromatic heterocycles. The molecule has 1 aliphatic heterocycles. The highest BCUT2D eigenvalue weighted by atomic mass is 32.2. The van der Waals surface area contributed by atoms with Crippen LogP contribution in [0, 0.1) is 5.82 Å². The van der Waals surface area contributed by atoms with E-state index in [2.05, 4.69) is 15.3 Å². The smallest absolute Gasteiger partial charge is 0.259 e. The Balaban J connectivity index is 1.77. The average Bonchev–Trinajstić information content (AvgIpc) is 2.73. The maximum atomic E-state index is 13.7. The molecule has 3 heterocycles. The Morgan fingerprint density at radius 3 is 2.68 bits per heavy atom. The Hall–Kier alpha value is -3.70. The van der Waals surface area contributed by atoms with Gasteiger partial charge < -0.3 is 10.2 Å². The molecule has 1 amide bonds. The largest absolute Gasteiger partial charge is 0.328 e. The van der Waals surface area contributed by atoms with Gasteiger partial charge in [-0.25, -0.2) is 32.3 Å². The minimum absolute atomic E-state index is 0.0763. The number of allylic oxidation sites excluding steroid dienone is 2. The molecular formula is C20H15F2N5O3S. The zero-order chi connectivity index (χ0) is 22.2. The van der Waals surface area contributed by atoms with Crippen molar-refractivity contribution in [1.29, 1.82) is 0 Å². The second kappa shape index (κ2) is 7.85. The van der Waals surface area contributed by atoms with E-state index in [0.717, 1.165) is 6.07 Å². The number of rotatable bonds is 4. The van der Waals surface area contributed by atoms with Crippen LogP contribution in [0.25, 0.3) is 10.9 Å².